The predicted octanol–water partition coefficient (Wildman–Crippen LogP) is 5.24. The summed E-state index contributed by atoms with van der Waals surface area (Å²) >= 11 is 0. The van der Waals surface area contributed by atoms with Crippen LogP contribution in [0.3, 0.4) is 0 Å². The van der Waals surface area contributed by atoms with Gasteiger partial charge in [-0.1, -0.05) is 6.92 Å². The van der Waals surface area contributed by atoms with Gasteiger partial charge in [0, 0.05) is 6.42 Å². The van der Waals surface area contributed by atoms with Gasteiger partial charge in [0.05, 0.1) is 64.9 Å². The lowest BCUT2D eigenvalue weighted by atomic mass is 9.97. The first-order valence-corrected chi connectivity index (χ1v) is 13.6. The number of rotatable bonds is 9. The molecule has 39 heavy (non-hydrogen) atoms. The third-order valence-corrected chi connectivity index (χ3v) is 7.30. The Morgan fingerprint density at radius 1 is 0.846 bits per heavy atom. The summed E-state index contributed by atoms with van der Waals surface area (Å²) in [5.41, 5.74) is 1.68. The summed E-state index contributed by atoms with van der Waals surface area (Å²) < 4.78 is 24.1. The number of aliphatic hydroxyl groups is 1. The highest BCUT2D eigenvalue weighted by Gasteiger charge is 2.34. The molecule has 0 bridgehead atoms. The summed E-state index contributed by atoms with van der Waals surface area (Å²) in [4.78, 5) is 0. The zero-order chi connectivity index (χ0) is 27.9. The number of ether oxygens (including phenoxy) is 4. The van der Waals surface area contributed by atoms with E-state index in [0.717, 1.165) is 12.8 Å². The maximum atomic E-state index is 10.8. The predicted molar refractivity (Wildman–Crippen MR) is 140 cm³/mol. The van der Waals surface area contributed by atoms with Crippen LogP contribution in [0.2, 0.25) is 0 Å². The van der Waals surface area contributed by atoms with Crippen LogP contribution in [-0.4, -0.2) is 45.8 Å². The van der Waals surface area contributed by atoms with E-state index in [1.54, 1.807) is 18.2 Å². The fourth-order valence-corrected chi connectivity index (χ4v) is 5.21. The molecule has 2 aliphatic heterocycles. The van der Waals surface area contributed by atoms with E-state index in [2.05, 4.69) is 12.1 Å². The maximum absolute atomic E-state index is 10.8. The van der Waals surface area contributed by atoms with E-state index >= 15 is 0 Å². The summed E-state index contributed by atoms with van der Waals surface area (Å²) in [6, 6.07) is 13.3. The number of benzene rings is 2. The van der Waals surface area contributed by atoms with Gasteiger partial charge in [-0.3, -0.25) is 0 Å². The van der Waals surface area contributed by atoms with Crippen LogP contribution in [0.15, 0.2) is 36.4 Å². The fraction of sp³-hybridized carbons (Fsp3) is 0.533. The van der Waals surface area contributed by atoms with Crippen molar-refractivity contribution in [3.8, 4) is 23.6 Å². The first-order chi connectivity index (χ1) is 18.8. The minimum absolute atomic E-state index is 0.00622. The molecule has 4 rings (SSSR count). The quantitative estimate of drug-likeness (QED) is 0.392. The largest absolute Gasteiger partial charge is 0.507 e. The van der Waals surface area contributed by atoms with Crippen molar-refractivity contribution in [3.63, 3.8) is 0 Å². The molecule has 2 aliphatic rings. The highest BCUT2D eigenvalue weighted by Crippen LogP contribution is 2.38. The van der Waals surface area contributed by atoms with Crippen molar-refractivity contribution in [3.05, 3.63) is 58.7 Å². The topological polar surface area (TPSA) is 145 Å². The molecule has 2 aromatic rings. The molecule has 0 aliphatic carbocycles. The zero-order valence-corrected chi connectivity index (χ0v) is 22.3. The van der Waals surface area contributed by atoms with Gasteiger partial charge in [-0.15, -0.1) is 0 Å². The number of hydrogen-bond donors (Lipinski definition) is 3. The van der Waals surface area contributed by atoms with Crippen LogP contribution >= 0.6 is 0 Å². The van der Waals surface area contributed by atoms with Crippen LogP contribution in [0.4, 0.5) is 0 Å². The molecule has 7 atom stereocenters. The first kappa shape index (κ1) is 28.8. The fourth-order valence-electron chi connectivity index (χ4n) is 5.21. The average molecular weight is 537 g/mol. The molecule has 208 valence electrons. The molecule has 9 heteroatoms. The summed E-state index contributed by atoms with van der Waals surface area (Å²) in [5, 5.41) is 49.9. The molecule has 0 amide bonds. The van der Waals surface area contributed by atoms with Gasteiger partial charge in [0.2, 0.25) is 0 Å². The van der Waals surface area contributed by atoms with Crippen LogP contribution in [0.5, 0.6) is 11.5 Å². The van der Waals surface area contributed by atoms with Crippen LogP contribution < -0.4 is 0 Å². The molecule has 7 unspecified atom stereocenters. The maximum Gasteiger partial charge on any atom is 0.188 e. The number of aliphatic hydroxyl groups excluding tert-OH is 1. The Hall–Kier alpha value is -3.18. The van der Waals surface area contributed by atoms with E-state index in [4.69, 9.17) is 18.9 Å². The van der Waals surface area contributed by atoms with Gasteiger partial charge in [-0.2, -0.15) is 10.5 Å². The number of phenols is 2. The van der Waals surface area contributed by atoms with Crippen molar-refractivity contribution < 1.29 is 34.3 Å². The van der Waals surface area contributed by atoms with Gasteiger partial charge >= 0.3 is 0 Å². The van der Waals surface area contributed by atoms with Gasteiger partial charge in [-0.05, 0) is 81.8 Å². The van der Waals surface area contributed by atoms with Crippen molar-refractivity contribution in [2.24, 2.45) is 0 Å². The van der Waals surface area contributed by atoms with Crippen molar-refractivity contribution in [1.82, 2.24) is 0 Å². The Morgan fingerprint density at radius 3 is 2.00 bits per heavy atom. The zero-order valence-electron chi connectivity index (χ0n) is 22.3. The average Bonchev–Trinajstić information content (AvgIpc) is 2.93. The Labute approximate surface area is 229 Å². The lowest BCUT2D eigenvalue weighted by Gasteiger charge is -2.37. The molecule has 0 spiro atoms. The molecule has 0 radical (unpaired) electrons. The Balaban J connectivity index is 1.30. The van der Waals surface area contributed by atoms with E-state index < -0.39 is 18.7 Å². The molecule has 2 heterocycles. The third-order valence-electron chi connectivity index (χ3n) is 7.30. The molecule has 2 saturated heterocycles. The van der Waals surface area contributed by atoms with Crippen molar-refractivity contribution in [2.45, 2.75) is 102 Å². The molecular formula is C30H36N2O7. The van der Waals surface area contributed by atoms with E-state index in [0.29, 0.717) is 54.4 Å². The van der Waals surface area contributed by atoms with Crippen LogP contribution in [0.1, 0.15) is 93.6 Å². The smallest absolute Gasteiger partial charge is 0.188 e. The summed E-state index contributed by atoms with van der Waals surface area (Å²) in [5.74, 6) is 0.0294. The highest BCUT2D eigenvalue weighted by atomic mass is 16.7. The van der Waals surface area contributed by atoms with Crippen LogP contribution in [0.25, 0.3) is 0 Å². The standard InChI is InChI=1S/C30H36N2O7/c1-3-22-15-24(39-30(37-22)26-13-20(17-32)8-10-28(26)35)14-21(33)5-4-6-23-11-18(2)36-29(38-23)25-12-19(16-31)7-9-27(25)34/h7-10,12-13,18,21-24,29-30,33-35H,3-6,11,14-15H2,1-2H3. The molecule has 2 fully saturated rings. The Morgan fingerprint density at radius 2 is 1.41 bits per heavy atom. The molecule has 3 N–H and O–H groups in total. The summed E-state index contributed by atoms with van der Waals surface area (Å²) in [7, 11) is 0. The first-order valence-electron chi connectivity index (χ1n) is 13.6. The minimum Gasteiger partial charge on any atom is -0.507 e. The molecular weight excluding hydrogens is 500 g/mol. The summed E-state index contributed by atoms with van der Waals surface area (Å²) in [6.07, 6.45) is 1.83. The van der Waals surface area contributed by atoms with Crippen molar-refractivity contribution >= 4 is 0 Å². The van der Waals surface area contributed by atoms with E-state index in [9.17, 15) is 25.8 Å². The monoisotopic (exact) mass is 536 g/mol. The van der Waals surface area contributed by atoms with Gasteiger partial charge in [0.15, 0.2) is 12.6 Å². The SMILES string of the molecule is CCC1CC(CC(O)CCCC2CC(C)OC(c3cc(C#N)ccc3O)O2)OC(c2cc(C#N)ccc2O)O1. The van der Waals surface area contributed by atoms with Crippen molar-refractivity contribution in [2.75, 3.05) is 0 Å². The number of nitriles is 2. The van der Waals surface area contributed by atoms with Crippen molar-refractivity contribution in [1.29, 1.82) is 10.5 Å². The lowest BCUT2D eigenvalue weighted by Crippen LogP contribution is -2.35. The number of nitrogens with zero attached hydrogens (tertiary/aromatic N) is 2. The number of phenolic OH excluding ortho intramolecular Hbond substituents is 2. The van der Waals surface area contributed by atoms with E-state index in [-0.39, 0.29) is 35.9 Å². The lowest BCUT2D eigenvalue weighted by molar-refractivity contribution is -0.253. The second-order valence-electron chi connectivity index (χ2n) is 10.4. The Kier molecular flexibility index (Phi) is 9.79. The highest BCUT2D eigenvalue weighted by molar-refractivity contribution is 5.43. The molecule has 0 saturated carbocycles. The van der Waals surface area contributed by atoms with Gasteiger partial charge in [0.25, 0.3) is 0 Å². The minimum atomic E-state index is -0.806. The van der Waals surface area contributed by atoms with Gasteiger partial charge < -0.3 is 34.3 Å². The normalized spacial score (nSPS) is 27.8. The van der Waals surface area contributed by atoms with Crippen LogP contribution in [0, 0.1) is 22.7 Å². The second-order valence-corrected chi connectivity index (χ2v) is 10.4. The number of aromatic hydroxyl groups is 2. The number of hydrogen-bond acceptors (Lipinski definition) is 9. The molecule has 2 aromatic carbocycles. The van der Waals surface area contributed by atoms with Gasteiger partial charge in [0.1, 0.15) is 11.5 Å². The van der Waals surface area contributed by atoms with Gasteiger partial charge in [-0.25, -0.2) is 0 Å². The second kappa shape index (κ2) is 13.3. The van der Waals surface area contributed by atoms with E-state index in [1.165, 1.54) is 18.2 Å². The third kappa shape index (κ3) is 7.48. The molecule has 0 aromatic heterocycles. The molecule has 9 nitrogen and oxygen atoms in total. The van der Waals surface area contributed by atoms with E-state index in [1.807, 2.05) is 13.8 Å². The Bertz CT molecular complexity index is 1210. The summed E-state index contributed by atoms with van der Waals surface area (Å²) in [6.45, 7) is 3.97. The van der Waals surface area contributed by atoms with Crippen LogP contribution in [-0.2, 0) is 18.9 Å².